The van der Waals surface area contributed by atoms with E-state index in [4.69, 9.17) is 29.5 Å². The first-order valence-electron chi connectivity index (χ1n) is 7.54. The number of ether oxygens (including phenoxy) is 3. The predicted octanol–water partition coefficient (Wildman–Crippen LogP) is 1.21. The molecule has 0 aromatic heterocycles. The summed E-state index contributed by atoms with van der Waals surface area (Å²) in [5.41, 5.74) is 0. The van der Waals surface area contributed by atoms with Crippen LogP contribution in [0, 0.1) is 0 Å². The van der Waals surface area contributed by atoms with Crippen molar-refractivity contribution in [2.75, 3.05) is 61.0 Å². The quantitative estimate of drug-likeness (QED) is 0.426. The van der Waals surface area contributed by atoms with E-state index in [-0.39, 0.29) is 52.5 Å². The molecule has 0 aromatic rings. The zero-order chi connectivity index (χ0) is 16.6. The molecule has 7 heteroatoms. The fraction of sp³-hybridized carbons (Fsp3) is 1.00. The van der Waals surface area contributed by atoms with E-state index in [2.05, 4.69) is 0 Å². The maximum Gasteiger partial charge on any atom is 0.0463 e. The van der Waals surface area contributed by atoms with Crippen molar-refractivity contribution in [3.05, 3.63) is 0 Å². The molecule has 0 aliphatic carbocycles. The van der Waals surface area contributed by atoms with E-state index in [0.717, 1.165) is 58.3 Å². The molecule has 0 fully saturated rings. The number of rotatable bonds is 12. The summed E-state index contributed by atoms with van der Waals surface area (Å²) in [6.45, 7) is 3.14. The van der Waals surface area contributed by atoms with Crippen molar-refractivity contribution in [3.63, 3.8) is 0 Å². The van der Waals surface area contributed by atoms with Crippen LogP contribution in [0.3, 0.4) is 0 Å². The Bertz CT molecular complexity index is 105. The van der Waals surface area contributed by atoms with Crippen molar-refractivity contribution in [1.82, 2.24) is 0 Å². The van der Waals surface area contributed by atoms with Gasteiger partial charge in [0.05, 0.1) is 0 Å². The zero-order valence-corrected chi connectivity index (χ0v) is 17.5. The Morgan fingerprint density at radius 2 is 0.727 bits per heavy atom. The maximum absolute atomic E-state index is 8.24. The largest absolute Gasteiger partial charge is 0.396 e. The van der Waals surface area contributed by atoms with Gasteiger partial charge in [0.15, 0.2) is 0 Å². The van der Waals surface area contributed by atoms with Crippen molar-refractivity contribution in [1.29, 1.82) is 0 Å². The van der Waals surface area contributed by atoms with E-state index in [9.17, 15) is 0 Å². The van der Waals surface area contributed by atoms with Gasteiger partial charge in [-0.15, -0.1) is 0 Å². The number of hydrogen-bond acceptors (Lipinski definition) is 6. The van der Waals surface area contributed by atoms with Gasteiger partial charge < -0.3 is 29.5 Å². The Morgan fingerprint density at radius 1 is 0.500 bits per heavy atom. The van der Waals surface area contributed by atoms with Crippen LogP contribution in [0.4, 0.5) is 0 Å². The third kappa shape index (κ3) is 49.7. The van der Waals surface area contributed by atoms with Gasteiger partial charge >= 0.3 is 0 Å². The Kier molecular flexibility index (Phi) is 52.8. The van der Waals surface area contributed by atoms with Crippen molar-refractivity contribution in [2.45, 2.75) is 38.5 Å². The summed E-state index contributed by atoms with van der Waals surface area (Å²) >= 11 is 0. The van der Waals surface area contributed by atoms with E-state index in [1.165, 1.54) is 0 Å². The van der Waals surface area contributed by atoms with Gasteiger partial charge in [-0.3, -0.25) is 0 Å². The number of aliphatic hydroxyl groups excluding tert-OH is 3. The molecule has 0 bridgehead atoms. The van der Waals surface area contributed by atoms with E-state index in [0.29, 0.717) is 0 Å². The fourth-order valence-electron chi connectivity index (χ4n) is 1.07. The summed E-state index contributed by atoms with van der Waals surface area (Å²) < 4.78 is 14.2. The smallest absolute Gasteiger partial charge is 0.0463 e. The Labute approximate surface area is 161 Å². The summed E-state index contributed by atoms with van der Waals surface area (Å²) in [4.78, 5) is 0. The standard InChI is InChI=1S/3C5H12O2.Y/c3*1-7-5-3-2-4-6;/h3*6H,2-5H2,1H3;. The molecule has 0 atom stereocenters. The van der Waals surface area contributed by atoms with Crippen LogP contribution < -0.4 is 0 Å². The second kappa shape index (κ2) is 37.8. The second-order valence-electron chi connectivity index (χ2n) is 4.27. The third-order valence-electron chi connectivity index (χ3n) is 2.27. The first-order chi connectivity index (χ1) is 10.2. The topological polar surface area (TPSA) is 88.4 Å². The van der Waals surface area contributed by atoms with Crippen LogP contribution in [0.1, 0.15) is 38.5 Å². The zero-order valence-electron chi connectivity index (χ0n) is 14.6. The van der Waals surface area contributed by atoms with Crippen LogP contribution in [0.25, 0.3) is 0 Å². The van der Waals surface area contributed by atoms with Crippen LogP contribution in [-0.4, -0.2) is 76.3 Å². The molecule has 135 valence electrons. The number of aliphatic hydroxyl groups is 3. The summed E-state index contributed by atoms with van der Waals surface area (Å²) in [6, 6.07) is 0. The van der Waals surface area contributed by atoms with Gasteiger partial charge in [-0.1, -0.05) is 0 Å². The molecule has 0 saturated carbocycles. The van der Waals surface area contributed by atoms with Crippen molar-refractivity contribution >= 4 is 0 Å². The maximum atomic E-state index is 8.24. The van der Waals surface area contributed by atoms with E-state index >= 15 is 0 Å². The van der Waals surface area contributed by atoms with Crippen molar-refractivity contribution in [2.24, 2.45) is 0 Å². The monoisotopic (exact) mass is 401 g/mol. The molecule has 22 heavy (non-hydrogen) atoms. The minimum atomic E-state index is 0. The molecule has 0 spiro atoms. The second-order valence-corrected chi connectivity index (χ2v) is 4.27. The summed E-state index contributed by atoms with van der Waals surface area (Å²) in [5.74, 6) is 0. The molecule has 0 amide bonds. The third-order valence-corrected chi connectivity index (χ3v) is 2.27. The summed E-state index contributed by atoms with van der Waals surface area (Å²) in [5, 5.41) is 24.7. The molecular weight excluding hydrogens is 365 g/mol. The van der Waals surface area contributed by atoms with Gasteiger partial charge in [-0.2, -0.15) is 0 Å². The van der Waals surface area contributed by atoms with E-state index in [1.54, 1.807) is 21.3 Å². The van der Waals surface area contributed by atoms with E-state index < -0.39 is 0 Å². The fourth-order valence-corrected chi connectivity index (χ4v) is 1.07. The first kappa shape index (κ1) is 30.7. The molecule has 0 aliphatic rings. The Hall–Kier alpha value is 0.864. The van der Waals surface area contributed by atoms with Crippen LogP contribution in [0.2, 0.25) is 0 Å². The van der Waals surface area contributed by atoms with Crippen LogP contribution >= 0.6 is 0 Å². The molecule has 0 heterocycles. The molecular formula is C15H36O6Y. The normalized spacial score (nSPS) is 9.00. The Morgan fingerprint density at radius 3 is 0.864 bits per heavy atom. The first-order valence-corrected chi connectivity index (χ1v) is 7.54. The molecule has 6 nitrogen and oxygen atoms in total. The molecule has 0 aromatic carbocycles. The molecule has 0 unspecified atom stereocenters. The van der Waals surface area contributed by atoms with Crippen LogP contribution in [0.5, 0.6) is 0 Å². The van der Waals surface area contributed by atoms with Gasteiger partial charge in [0.2, 0.25) is 0 Å². The van der Waals surface area contributed by atoms with Gasteiger partial charge in [-0.25, -0.2) is 0 Å². The minimum absolute atomic E-state index is 0. The minimum Gasteiger partial charge on any atom is -0.396 e. The van der Waals surface area contributed by atoms with Gasteiger partial charge in [0.25, 0.3) is 0 Å². The SMILES string of the molecule is COCCCCO.COCCCCO.COCCCCO.[Y]. The summed E-state index contributed by atoms with van der Waals surface area (Å²) in [7, 11) is 4.99. The molecule has 3 N–H and O–H groups in total. The molecule has 0 rings (SSSR count). The Balaban J connectivity index is -0.000000108. The van der Waals surface area contributed by atoms with Crippen LogP contribution in [0.15, 0.2) is 0 Å². The average molecular weight is 401 g/mol. The molecule has 0 saturated heterocycles. The number of hydrogen-bond donors (Lipinski definition) is 3. The van der Waals surface area contributed by atoms with Gasteiger partial charge in [0, 0.05) is 93.7 Å². The van der Waals surface area contributed by atoms with Crippen molar-refractivity contribution < 1.29 is 62.2 Å². The average Bonchev–Trinajstić information content (AvgIpc) is 2.50. The van der Waals surface area contributed by atoms with E-state index in [1.807, 2.05) is 0 Å². The summed E-state index contributed by atoms with van der Waals surface area (Å²) in [6.07, 6.45) is 5.46. The molecule has 0 aliphatic heterocycles. The number of methoxy groups -OCH3 is 3. The predicted molar refractivity (Wildman–Crippen MR) is 84.6 cm³/mol. The number of unbranched alkanes of at least 4 members (excludes halogenated alkanes) is 3. The van der Waals surface area contributed by atoms with Gasteiger partial charge in [0.1, 0.15) is 0 Å². The van der Waals surface area contributed by atoms with Gasteiger partial charge in [-0.05, 0) is 38.5 Å². The van der Waals surface area contributed by atoms with Crippen LogP contribution in [-0.2, 0) is 46.9 Å². The van der Waals surface area contributed by atoms with Crippen molar-refractivity contribution in [3.8, 4) is 0 Å². The molecule has 1 radical (unpaired) electrons.